The smallest absolute Gasteiger partial charge is 0.279 e. The molecule has 0 radical (unpaired) electrons. The molecule has 6 heteroatoms. The van der Waals surface area contributed by atoms with E-state index in [2.05, 4.69) is 10.0 Å². The Hall–Kier alpha value is -0.170. The minimum absolute atomic E-state index is 0.0664. The van der Waals surface area contributed by atoms with Gasteiger partial charge in [-0.25, -0.2) is 0 Å². The van der Waals surface area contributed by atoms with E-state index in [1.807, 2.05) is 6.92 Å². The first kappa shape index (κ1) is 15.7. The molecule has 3 aliphatic rings. The second-order valence-corrected chi connectivity index (χ2v) is 8.93. The lowest BCUT2D eigenvalue weighted by atomic mass is 9.98. The molecule has 122 valence electrons. The summed E-state index contributed by atoms with van der Waals surface area (Å²) in [4.78, 5) is 0. The highest BCUT2D eigenvalue weighted by atomic mass is 32.2. The maximum atomic E-state index is 12.4. The quantitative estimate of drug-likeness (QED) is 0.713. The molecule has 0 amide bonds. The summed E-state index contributed by atoms with van der Waals surface area (Å²) in [5.41, 5.74) is 0. The van der Waals surface area contributed by atoms with E-state index < -0.39 is 10.2 Å². The number of rotatable bonds is 8. The molecule has 0 aromatic rings. The third kappa shape index (κ3) is 4.91. The number of piperidine rings is 1. The molecule has 5 nitrogen and oxygen atoms in total. The van der Waals surface area contributed by atoms with Crippen LogP contribution in [0.3, 0.4) is 0 Å². The summed E-state index contributed by atoms with van der Waals surface area (Å²) in [5, 5.41) is 3.56. The van der Waals surface area contributed by atoms with Crippen molar-refractivity contribution in [2.24, 2.45) is 11.8 Å². The fourth-order valence-corrected chi connectivity index (χ4v) is 4.65. The molecule has 2 N–H and O–H groups in total. The fraction of sp³-hybridized carbons (Fsp3) is 1.00. The Morgan fingerprint density at radius 2 is 1.71 bits per heavy atom. The summed E-state index contributed by atoms with van der Waals surface area (Å²) in [6, 6.07) is 0.813. The van der Waals surface area contributed by atoms with E-state index in [4.69, 9.17) is 0 Å². The average molecular weight is 315 g/mol. The largest absolute Gasteiger partial charge is 0.314 e. The van der Waals surface area contributed by atoms with E-state index in [0.717, 1.165) is 37.8 Å². The van der Waals surface area contributed by atoms with Gasteiger partial charge in [0.05, 0.1) is 0 Å². The number of nitrogens with one attached hydrogen (secondary N) is 2. The number of hydrogen-bond donors (Lipinski definition) is 2. The van der Waals surface area contributed by atoms with Crippen molar-refractivity contribution in [3.63, 3.8) is 0 Å². The molecule has 3 rings (SSSR count). The Labute approximate surface area is 129 Å². The maximum absolute atomic E-state index is 12.4. The van der Waals surface area contributed by atoms with Crippen LogP contribution < -0.4 is 10.0 Å². The normalized spacial score (nSPS) is 26.9. The minimum atomic E-state index is -3.28. The van der Waals surface area contributed by atoms with Crippen molar-refractivity contribution in [2.75, 3.05) is 19.6 Å². The Morgan fingerprint density at radius 3 is 2.29 bits per heavy atom. The molecular formula is C15H29N3O2S. The van der Waals surface area contributed by atoms with Crippen molar-refractivity contribution in [3.05, 3.63) is 0 Å². The summed E-state index contributed by atoms with van der Waals surface area (Å²) in [5.74, 6) is 1.39. The van der Waals surface area contributed by atoms with Crippen molar-refractivity contribution in [1.82, 2.24) is 14.3 Å². The van der Waals surface area contributed by atoms with Gasteiger partial charge in [-0.3, -0.25) is 0 Å². The monoisotopic (exact) mass is 315 g/mol. The van der Waals surface area contributed by atoms with Crippen LogP contribution >= 0.6 is 0 Å². The molecule has 1 saturated heterocycles. The van der Waals surface area contributed by atoms with Crippen molar-refractivity contribution in [2.45, 2.75) is 64.0 Å². The van der Waals surface area contributed by atoms with Crippen molar-refractivity contribution >= 4 is 10.2 Å². The van der Waals surface area contributed by atoms with Crippen LogP contribution in [0.2, 0.25) is 0 Å². The van der Waals surface area contributed by atoms with Crippen LogP contribution in [-0.4, -0.2) is 44.4 Å². The minimum Gasteiger partial charge on any atom is -0.314 e. The Morgan fingerprint density at radius 1 is 1.05 bits per heavy atom. The standard InChI is InChI=1S/C15H29N3O2S/c1-12(10-13-2-3-13)17-21(19,20)18-8-6-14(7-9-18)11-16-15-4-5-15/h12-17H,2-11H2,1H3. The van der Waals surface area contributed by atoms with E-state index in [-0.39, 0.29) is 6.04 Å². The van der Waals surface area contributed by atoms with E-state index in [1.54, 1.807) is 4.31 Å². The average Bonchev–Trinajstić information content (AvgIpc) is 3.31. The van der Waals surface area contributed by atoms with Gasteiger partial charge >= 0.3 is 0 Å². The topological polar surface area (TPSA) is 61.4 Å². The second kappa shape index (κ2) is 6.52. The highest BCUT2D eigenvalue weighted by molar-refractivity contribution is 7.87. The van der Waals surface area contributed by atoms with Crippen LogP contribution in [0.15, 0.2) is 0 Å². The summed E-state index contributed by atoms with van der Waals surface area (Å²) in [6.07, 6.45) is 8.12. The summed E-state index contributed by atoms with van der Waals surface area (Å²) in [6.45, 7) is 4.39. The first-order chi connectivity index (χ1) is 10.0. The third-order valence-corrected chi connectivity index (χ3v) is 6.67. The van der Waals surface area contributed by atoms with Crippen LogP contribution in [0.4, 0.5) is 0 Å². The molecule has 21 heavy (non-hydrogen) atoms. The van der Waals surface area contributed by atoms with Gasteiger partial charge in [-0.2, -0.15) is 17.4 Å². The highest BCUT2D eigenvalue weighted by Gasteiger charge is 2.31. The lowest BCUT2D eigenvalue weighted by molar-refractivity contribution is 0.263. The van der Waals surface area contributed by atoms with Crippen LogP contribution in [-0.2, 0) is 10.2 Å². The molecule has 1 atom stereocenters. The van der Waals surface area contributed by atoms with E-state index >= 15 is 0 Å². The van der Waals surface area contributed by atoms with E-state index in [1.165, 1.54) is 25.7 Å². The Kier molecular flexibility index (Phi) is 4.88. The summed E-state index contributed by atoms with van der Waals surface area (Å²) < 4.78 is 29.3. The molecule has 0 aromatic carbocycles. The predicted molar refractivity (Wildman–Crippen MR) is 84.2 cm³/mol. The molecule has 2 aliphatic carbocycles. The van der Waals surface area contributed by atoms with Crippen LogP contribution in [0.5, 0.6) is 0 Å². The van der Waals surface area contributed by atoms with Crippen LogP contribution in [0.25, 0.3) is 0 Å². The summed E-state index contributed by atoms with van der Waals surface area (Å²) >= 11 is 0. The molecule has 0 bridgehead atoms. The van der Waals surface area contributed by atoms with Gasteiger partial charge in [0.15, 0.2) is 0 Å². The molecule has 0 aromatic heterocycles. The van der Waals surface area contributed by atoms with E-state index in [9.17, 15) is 8.42 Å². The van der Waals surface area contributed by atoms with Gasteiger partial charge < -0.3 is 5.32 Å². The number of hydrogen-bond acceptors (Lipinski definition) is 3. The van der Waals surface area contributed by atoms with Gasteiger partial charge in [0.25, 0.3) is 10.2 Å². The first-order valence-electron chi connectivity index (χ1n) is 8.53. The zero-order valence-corrected chi connectivity index (χ0v) is 13.9. The van der Waals surface area contributed by atoms with E-state index in [0.29, 0.717) is 19.0 Å². The highest BCUT2D eigenvalue weighted by Crippen LogP contribution is 2.33. The lowest BCUT2D eigenvalue weighted by Gasteiger charge is -2.32. The van der Waals surface area contributed by atoms with Gasteiger partial charge in [-0.1, -0.05) is 12.8 Å². The van der Waals surface area contributed by atoms with Gasteiger partial charge in [-0.05, 0) is 57.4 Å². The molecular weight excluding hydrogens is 286 g/mol. The zero-order chi connectivity index (χ0) is 14.9. The van der Waals surface area contributed by atoms with Gasteiger partial charge in [0.2, 0.25) is 0 Å². The van der Waals surface area contributed by atoms with Crippen molar-refractivity contribution < 1.29 is 8.42 Å². The molecule has 2 saturated carbocycles. The second-order valence-electron chi connectivity index (χ2n) is 7.23. The zero-order valence-electron chi connectivity index (χ0n) is 13.1. The van der Waals surface area contributed by atoms with Crippen molar-refractivity contribution in [1.29, 1.82) is 0 Å². The number of nitrogens with zero attached hydrogens (tertiary/aromatic N) is 1. The summed E-state index contributed by atoms with van der Waals surface area (Å²) in [7, 11) is -3.28. The lowest BCUT2D eigenvalue weighted by Crippen LogP contribution is -2.48. The van der Waals surface area contributed by atoms with Gasteiger partial charge in [0.1, 0.15) is 0 Å². The Bertz CT molecular complexity index is 438. The van der Waals surface area contributed by atoms with Gasteiger partial charge in [0, 0.05) is 25.2 Å². The fourth-order valence-electron chi connectivity index (χ4n) is 3.20. The maximum Gasteiger partial charge on any atom is 0.279 e. The molecule has 1 heterocycles. The SMILES string of the molecule is CC(CC1CC1)NS(=O)(=O)N1CCC(CNC2CC2)CC1. The van der Waals surface area contributed by atoms with Crippen LogP contribution in [0, 0.1) is 11.8 Å². The molecule has 0 spiro atoms. The predicted octanol–water partition coefficient (Wildman–Crippen LogP) is 1.47. The van der Waals surface area contributed by atoms with Crippen molar-refractivity contribution in [3.8, 4) is 0 Å². The first-order valence-corrected chi connectivity index (χ1v) is 9.98. The molecule has 1 unspecified atom stereocenters. The molecule has 3 fully saturated rings. The molecule has 1 aliphatic heterocycles. The van der Waals surface area contributed by atoms with Crippen LogP contribution in [0.1, 0.15) is 51.9 Å². The third-order valence-electron chi connectivity index (χ3n) is 4.92. The van der Waals surface area contributed by atoms with Gasteiger partial charge in [-0.15, -0.1) is 0 Å². The Balaban J connectivity index is 1.40.